The first kappa shape index (κ1) is 17.1. The maximum absolute atomic E-state index is 11.9. The van der Waals surface area contributed by atoms with Crippen molar-refractivity contribution >= 4 is 5.78 Å². The smallest absolute Gasteiger partial charge is 0.178 e. The van der Waals surface area contributed by atoms with E-state index in [4.69, 9.17) is 6.42 Å². The van der Waals surface area contributed by atoms with Gasteiger partial charge in [0.15, 0.2) is 5.78 Å². The molecule has 0 spiro atoms. The molecule has 0 aromatic heterocycles. The van der Waals surface area contributed by atoms with Gasteiger partial charge in [-0.05, 0) is 85.7 Å². The second kappa shape index (κ2) is 5.87. The first-order valence-electron chi connectivity index (χ1n) is 10.3. The molecule has 1 nitrogen and oxygen atoms in total. The predicted octanol–water partition coefficient (Wildman–Crippen LogP) is 5.57. The summed E-state index contributed by atoms with van der Waals surface area (Å²) in [5.74, 6) is 6.94. The number of allylic oxidation sites excluding steroid dienone is 4. The van der Waals surface area contributed by atoms with Crippen molar-refractivity contribution in [2.24, 2.45) is 40.4 Å². The Morgan fingerprint density at radius 1 is 1.24 bits per heavy atom. The molecule has 3 saturated carbocycles. The van der Waals surface area contributed by atoms with E-state index in [9.17, 15) is 4.79 Å². The van der Waals surface area contributed by atoms with Crippen LogP contribution in [0.25, 0.3) is 0 Å². The van der Waals surface area contributed by atoms with Gasteiger partial charge in [0.1, 0.15) is 0 Å². The van der Waals surface area contributed by atoms with Gasteiger partial charge in [0, 0.05) is 11.8 Å². The lowest BCUT2D eigenvalue weighted by Gasteiger charge is -2.57. The van der Waals surface area contributed by atoms with Crippen LogP contribution in [0.15, 0.2) is 23.8 Å². The minimum atomic E-state index is 0.126. The van der Waals surface area contributed by atoms with Crippen molar-refractivity contribution in [1.29, 1.82) is 0 Å². The molecule has 4 aliphatic carbocycles. The fraction of sp³-hybridized carbons (Fsp3) is 0.708. The highest BCUT2D eigenvalue weighted by atomic mass is 16.1. The Hall–Kier alpha value is -1.29. The zero-order valence-corrected chi connectivity index (χ0v) is 16.1. The van der Waals surface area contributed by atoms with Crippen LogP contribution in [0.3, 0.4) is 0 Å². The molecule has 3 fully saturated rings. The van der Waals surface area contributed by atoms with Gasteiger partial charge < -0.3 is 0 Å². The molecule has 0 aromatic rings. The number of carbonyl (C=O) groups excluding carboxylic acids is 1. The van der Waals surface area contributed by atoms with Gasteiger partial charge in [-0.1, -0.05) is 32.4 Å². The van der Waals surface area contributed by atoms with Crippen molar-refractivity contribution in [2.75, 3.05) is 0 Å². The fourth-order valence-corrected chi connectivity index (χ4v) is 7.50. The van der Waals surface area contributed by atoms with Gasteiger partial charge >= 0.3 is 0 Å². The van der Waals surface area contributed by atoms with Crippen molar-refractivity contribution in [1.82, 2.24) is 0 Å². The van der Waals surface area contributed by atoms with Gasteiger partial charge in [0.2, 0.25) is 0 Å². The van der Waals surface area contributed by atoms with Crippen LogP contribution < -0.4 is 0 Å². The van der Waals surface area contributed by atoms with E-state index in [0.29, 0.717) is 11.3 Å². The molecular weight excluding hydrogens is 304 g/mol. The standard InChI is InChI=1S/C24H32O/c1-5-6-16(2)20-9-10-21-19-8-7-17-15-18(25)11-13-23(17,3)22(19)12-14-24(20,21)4/h1,11,13,15-16,19-22H,6-10,12,14H2,2-4H3. The molecule has 0 amide bonds. The van der Waals surface area contributed by atoms with Crippen LogP contribution in [0.2, 0.25) is 0 Å². The Balaban J connectivity index is 1.63. The first-order valence-corrected chi connectivity index (χ1v) is 10.3. The lowest BCUT2D eigenvalue weighted by molar-refractivity contribution is -0.111. The third kappa shape index (κ3) is 2.40. The maximum Gasteiger partial charge on any atom is 0.178 e. The molecule has 0 aromatic carbocycles. The Morgan fingerprint density at radius 2 is 2.04 bits per heavy atom. The van der Waals surface area contributed by atoms with Crippen molar-refractivity contribution in [2.45, 2.75) is 65.7 Å². The lowest BCUT2D eigenvalue weighted by Crippen LogP contribution is -2.50. The molecule has 0 heterocycles. The van der Waals surface area contributed by atoms with E-state index in [0.717, 1.165) is 36.5 Å². The Kier molecular flexibility index (Phi) is 4.02. The normalized spacial score (nSPS) is 46.5. The molecule has 0 aliphatic heterocycles. The molecule has 4 rings (SSSR count). The zero-order chi connectivity index (χ0) is 17.8. The topological polar surface area (TPSA) is 17.1 Å². The van der Waals surface area contributed by atoms with Gasteiger partial charge in [0.25, 0.3) is 0 Å². The monoisotopic (exact) mass is 336 g/mol. The number of hydrogen-bond donors (Lipinski definition) is 0. The molecule has 0 saturated heterocycles. The molecule has 25 heavy (non-hydrogen) atoms. The summed E-state index contributed by atoms with van der Waals surface area (Å²) in [7, 11) is 0. The summed E-state index contributed by atoms with van der Waals surface area (Å²) in [6.07, 6.45) is 20.4. The van der Waals surface area contributed by atoms with Gasteiger partial charge in [-0.15, -0.1) is 12.3 Å². The van der Waals surface area contributed by atoms with E-state index >= 15 is 0 Å². The Bertz CT molecular complexity index is 677. The number of hydrogen-bond acceptors (Lipinski definition) is 1. The van der Waals surface area contributed by atoms with Crippen LogP contribution >= 0.6 is 0 Å². The van der Waals surface area contributed by atoms with Gasteiger partial charge in [0.05, 0.1) is 0 Å². The van der Waals surface area contributed by atoms with Crippen LogP contribution in [0.4, 0.5) is 0 Å². The number of carbonyl (C=O) groups is 1. The lowest BCUT2D eigenvalue weighted by atomic mass is 9.47. The van der Waals surface area contributed by atoms with Crippen LogP contribution in [0, 0.1) is 52.8 Å². The SMILES string of the molecule is C#CCC(C)C1CCC2C3CCC4=CC(=O)C=CC4(C)C3CCC12C. The number of terminal acetylenes is 1. The van der Waals surface area contributed by atoms with E-state index in [-0.39, 0.29) is 11.2 Å². The summed E-state index contributed by atoms with van der Waals surface area (Å²) in [6.45, 7) is 7.35. The average molecular weight is 337 g/mol. The van der Waals surface area contributed by atoms with Crippen molar-refractivity contribution in [3.05, 3.63) is 23.8 Å². The molecule has 7 atom stereocenters. The number of fused-ring (bicyclic) bond motifs is 5. The second-order valence-electron chi connectivity index (χ2n) is 9.72. The second-order valence-corrected chi connectivity index (χ2v) is 9.72. The molecule has 0 bridgehead atoms. The van der Waals surface area contributed by atoms with E-state index in [2.05, 4.69) is 32.8 Å². The first-order chi connectivity index (χ1) is 11.9. The zero-order valence-electron chi connectivity index (χ0n) is 16.1. The largest absolute Gasteiger partial charge is 0.290 e. The van der Waals surface area contributed by atoms with Crippen LogP contribution in [0.5, 0.6) is 0 Å². The third-order valence-corrected chi connectivity index (χ3v) is 8.76. The molecule has 0 N–H and O–H groups in total. The summed E-state index contributed by atoms with van der Waals surface area (Å²) in [5.41, 5.74) is 2.00. The maximum atomic E-state index is 11.9. The molecule has 4 aliphatic rings. The molecule has 7 unspecified atom stereocenters. The van der Waals surface area contributed by atoms with Crippen molar-refractivity contribution in [3.63, 3.8) is 0 Å². The van der Waals surface area contributed by atoms with Crippen LogP contribution in [-0.4, -0.2) is 5.78 Å². The van der Waals surface area contributed by atoms with Crippen LogP contribution in [-0.2, 0) is 4.79 Å². The predicted molar refractivity (Wildman–Crippen MR) is 103 cm³/mol. The minimum absolute atomic E-state index is 0.126. The highest BCUT2D eigenvalue weighted by molar-refractivity contribution is 6.01. The van der Waals surface area contributed by atoms with Crippen molar-refractivity contribution < 1.29 is 4.79 Å². The minimum Gasteiger partial charge on any atom is -0.290 e. The summed E-state index contributed by atoms with van der Waals surface area (Å²) in [4.78, 5) is 11.9. The summed E-state index contributed by atoms with van der Waals surface area (Å²) in [5, 5.41) is 0. The highest BCUT2D eigenvalue weighted by Gasteiger charge is 2.58. The van der Waals surface area contributed by atoms with E-state index in [1.807, 2.05) is 12.2 Å². The fourth-order valence-electron chi connectivity index (χ4n) is 7.50. The Morgan fingerprint density at radius 3 is 2.80 bits per heavy atom. The number of rotatable bonds is 2. The van der Waals surface area contributed by atoms with E-state index in [1.165, 1.54) is 37.7 Å². The summed E-state index contributed by atoms with van der Waals surface area (Å²) < 4.78 is 0. The van der Waals surface area contributed by atoms with Gasteiger partial charge in [-0.2, -0.15) is 0 Å². The van der Waals surface area contributed by atoms with Gasteiger partial charge in [-0.3, -0.25) is 4.79 Å². The molecule has 134 valence electrons. The van der Waals surface area contributed by atoms with Crippen molar-refractivity contribution in [3.8, 4) is 12.3 Å². The Labute approximate surface area is 153 Å². The highest BCUT2D eigenvalue weighted by Crippen LogP contribution is 2.67. The summed E-state index contributed by atoms with van der Waals surface area (Å²) in [6, 6.07) is 0. The van der Waals surface area contributed by atoms with E-state index < -0.39 is 0 Å². The van der Waals surface area contributed by atoms with Gasteiger partial charge in [-0.25, -0.2) is 0 Å². The van der Waals surface area contributed by atoms with Crippen LogP contribution in [0.1, 0.15) is 65.7 Å². The molecular formula is C24H32O. The molecule has 1 heteroatoms. The molecule has 0 radical (unpaired) electrons. The third-order valence-electron chi connectivity index (χ3n) is 8.76. The average Bonchev–Trinajstić information content (AvgIpc) is 2.93. The summed E-state index contributed by atoms with van der Waals surface area (Å²) >= 11 is 0. The number of ketones is 1. The quantitative estimate of drug-likeness (QED) is 0.602. The van der Waals surface area contributed by atoms with E-state index in [1.54, 1.807) is 0 Å².